The summed E-state index contributed by atoms with van der Waals surface area (Å²) in [5.74, 6) is -0.979. The van der Waals surface area contributed by atoms with Gasteiger partial charge in [-0.1, -0.05) is 37.5 Å². The Morgan fingerprint density at radius 2 is 2.00 bits per heavy atom. The van der Waals surface area contributed by atoms with Crippen molar-refractivity contribution in [3.63, 3.8) is 0 Å². The smallest absolute Gasteiger partial charge is 0.331 e. The van der Waals surface area contributed by atoms with Crippen molar-refractivity contribution in [2.75, 3.05) is 6.61 Å². The predicted molar refractivity (Wildman–Crippen MR) is 78.2 cm³/mol. The van der Waals surface area contributed by atoms with E-state index in [4.69, 9.17) is 9.84 Å². The van der Waals surface area contributed by atoms with Crippen LogP contribution in [0.25, 0.3) is 6.08 Å². The van der Waals surface area contributed by atoms with Crippen LogP contribution >= 0.6 is 0 Å². The fraction of sp³-hybridized carbons (Fsp3) is 0.0625. The summed E-state index contributed by atoms with van der Waals surface area (Å²) in [7, 11) is 0. The number of esters is 1. The van der Waals surface area contributed by atoms with E-state index in [1.165, 1.54) is 24.3 Å². The molecule has 0 aliphatic heterocycles. The van der Waals surface area contributed by atoms with Gasteiger partial charge in [0.05, 0.1) is 0 Å². The molecule has 1 aromatic carbocycles. The van der Waals surface area contributed by atoms with E-state index in [2.05, 4.69) is 13.2 Å². The van der Waals surface area contributed by atoms with Gasteiger partial charge in [-0.05, 0) is 29.3 Å². The first kappa shape index (κ1) is 15.3. The Balaban J connectivity index is 2.59. The molecule has 1 rings (SSSR count). The number of phenolic OH excluding ortho intramolecular Hbond substituents is 2. The minimum Gasteiger partial charge on any atom is -0.504 e. The molecule has 0 bridgehead atoms. The van der Waals surface area contributed by atoms with Crippen LogP contribution in [-0.4, -0.2) is 22.8 Å². The van der Waals surface area contributed by atoms with Crippen LogP contribution in [0.5, 0.6) is 11.5 Å². The van der Waals surface area contributed by atoms with Gasteiger partial charge in [0.15, 0.2) is 11.5 Å². The number of aromatic hydroxyl groups is 2. The molecule has 0 saturated carbocycles. The lowest BCUT2D eigenvalue weighted by atomic mass is 10.2. The Morgan fingerprint density at radius 1 is 1.25 bits per heavy atom. The topological polar surface area (TPSA) is 66.8 Å². The molecule has 0 radical (unpaired) electrons. The van der Waals surface area contributed by atoms with Crippen LogP contribution in [0.4, 0.5) is 0 Å². The van der Waals surface area contributed by atoms with Crippen LogP contribution < -0.4 is 0 Å². The molecule has 4 nitrogen and oxygen atoms in total. The summed E-state index contributed by atoms with van der Waals surface area (Å²) in [6, 6.07) is 4.24. The Morgan fingerprint density at radius 3 is 2.60 bits per heavy atom. The number of ether oxygens (including phenoxy) is 1. The standard InChI is InChI=1S/C16H16O4/c1-3-5-12(4-2)11-20-16(19)9-7-13-6-8-14(17)15(18)10-13/h3-10,17-18H,1-2,11H2/b9-7+,12-5+. The average Bonchev–Trinajstić information content (AvgIpc) is 2.44. The molecule has 0 amide bonds. The van der Waals surface area contributed by atoms with Crippen molar-refractivity contribution < 1.29 is 19.7 Å². The number of allylic oxidation sites excluding steroid dienone is 2. The van der Waals surface area contributed by atoms with Crippen molar-refractivity contribution >= 4 is 12.0 Å². The largest absolute Gasteiger partial charge is 0.504 e. The van der Waals surface area contributed by atoms with Gasteiger partial charge < -0.3 is 14.9 Å². The van der Waals surface area contributed by atoms with Gasteiger partial charge >= 0.3 is 5.97 Å². The minimum atomic E-state index is -0.519. The maximum Gasteiger partial charge on any atom is 0.331 e. The molecule has 2 N–H and O–H groups in total. The number of carbonyl (C=O) groups excluding carboxylic acids is 1. The van der Waals surface area contributed by atoms with Gasteiger partial charge in [-0.2, -0.15) is 0 Å². The van der Waals surface area contributed by atoms with E-state index in [9.17, 15) is 9.90 Å². The zero-order chi connectivity index (χ0) is 15.0. The molecular weight excluding hydrogens is 256 g/mol. The molecule has 1 aromatic rings. The third-order valence-electron chi connectivity index (χ3n) is 2.39. The Hall–Kier alpha value is -2.75. The first-order chi connectivity index (χ1) is 9.56. The van der Waals surface area contributed by atoms with Crippen LogP contribution in [0, 0.1) is 0 Å². The number of hydrogen-bond acceptors (Lipinski definition) is 4. The normalized spacial score (nSPS) is 11.3. The highest BCUT2D eigenvalue weighted by Gasteiger charge is 2.01. The van der Waals surface area contributed by atoms with Crippen molar-refractivity contribution in [3.05, 3.63) is 66.8 Å². The molecule has 0 spiro atoms. The summed E-state index contributed by atoms with van der Waals surface area (Å²) in [6.07, 6.45) is 7.57. The maximum atomic E-state index is 11.5. The molecular formula is C16H16O4. The first-order valence-electron chi connectivity index (χ1n) is 5.87. The lowest BCUT2D eigenvalue weighted by Gasteiger charge is -2.02. The predicted octanol–water partition coefficient (Wildman–Crippen LogP) is 2.95. The number of benzene rings is 1. The third-order valence-corrected chi connectivity index (χ3v) is 2.39. The van der Waals surface area contributed by atoms with E-state index < -0.39 is 5.97 Å². The molecule has 4 heteroatoms. The van der Waals surface area contributed by atoms with Crippen molar-refractivity contribution in [3.8, 4) is 11.5 Å². The van der Waals surface area contributed by atoms with E-state index in [0.717, 1.165) is 5.57 Å². The van der Waals surface area contributed by atoms with Gasteiger partial charge in [0.25, 0.3) is 0 Å². The summed E-state index contributed by atoms with van der Waals surface area (Å²) in [4.78, 5) is 11.5. The summed E-state index contributed by atoms with van der Waals surface area (Å²) >= 11 is 0. The number of rotatable bonds is 6. The Labute approximate surface area is 117 Å². The summed E-state index contributed by atoms with van der Waals surface area (Å²) in [5, 5.41) is 18.5. The van der Waals surface area contributed by atoms with Crippen molar-refractivity contribution in [2.45, 2.75) is 0 Å². The minimum absolute atomic E-state index is 0.111. The van der Waals surface area contributed by atoms with E-state index in [-0.39, 0.29) is 18.1 Å². The molecule has 0 heterocycles. The second-order valence-corrected chi connectivity index (χ2v) is 3.87. The summed E-state index contributed by atoms with van der Waals surface area (Å²) in [6.45, 7) is 7.25. The summed E-state index contributed by atoms with van der Waals surface area (Å²) < 4.78 is 5.00. The van der Waals surface area contributed by atoms with E-state index in [1.807, 2.05) is 0 Å². The third kappa shape index (κ3) is 4.86. The molecule has 0 aliphatic rings. The van der Waals surface area contributed by atoms with Gasteiger partial charge in [-0.15, -0.1) is 0 Å². The number of phenols is 2. The highest BCUT2D eigenvalue weighted by molar-refractivity contribution is 5.87. The summed E-state index contributed by atoms with van der Waals surface area (Å²) in [5.41, 5.74) is 1.31. The van der Waals surface area contributed by atoms with Gasteiger partial charge in [0.2, 0.25) is 0 Å². The quantitative estimate of drug-likeness (QED) is 0.361. The van der Waals surface area contributed by atoms with Gasteiger partial charge in [-0.25, -0.2) is 4.79 Å². The Kier molecular flexibility index (Phi) is 5.84. The molecule has 0 unspecified atom stereocenters. The fourth-order valence-corrected chi connectivity index (χ4v) is 1.34. The average molecular weight is 272 g/mol. The number of carbonyl (C=O) groups is 1. The molecule has 0 aromatic heterocycles. The van der Waals surface area contributed by atoms with Gasteiger partial charge in [0, 0.05) is 6.08 Å². The molecule has 0 fully saturated rings. The van der Waals surface area contributed by atoms with Crippen LogP contribution in [-0.2, 0) is 9.53 Å². The zero-order valence-electron chi connectivity index (χ0n) is 11.0. The maximum absolute atomic E-state index is 11.5. The SMILES string of the molecule is C=C/C=C(\C=C)COC(=O)/C=C/c1ccc(O)c(O)c1. The fourth-order valence-electron chi connectivity index (χ4n) is 1.34. The highest BCUT2D eigenvalue weighted by Crippen LogP contribution is 2.25. The lowest BCUT2D eigenvalue weighted by Crippen LogP contribution is -2.03. The van der Waals surface area contributed by atoms with E-state index >= 15 is 0 Å². The second-order valence-electron chi connectivity index (χ2n) is 3.87. The van der Waals surface area contributed by atoms with Crippen molar-refractivity contribution in [1.29, 1.82) is 0 Å². The lowest BCUT2D eigenvalue weighted by molar-refractivity contribution is -0.136. The van der Waals surface area contributed by atoms with E-state index in [1.54, 1.807) is 24.3 Å². The monoisotopic (exact) mass is 272 g/mol. The van der Waals surface area contributed by atoms with E-state index in [0.29, 0.717) is 5.56 Å². The zero-order valence-corrected chi connectivity index (χ0v) is 11.0. The van der Waals surface area contributed by atoms with Gasteiger partial charge in [-0.3, -0.25) is 0 Å². The van der Waals surface area contributed by atoms with Crippen LogP contribution in [0.1, 0.15) is 5.56 Å². The highest BCUT2D eigenvalue weighted by atomic mass is 16.5. The molecule has 104 valence electrons. The van der Waals surface area contributed by atoms with Crippen molar-refractivity contribution in [2.24, 2.45) is 0 Å². The number of hydrogen-bond donors (Lipinski definition) is 2. The molecule has 20 heavy (non-hydrogen) atoms. The van der Waals surface area contributed by atoms with Crippen LogP contribution in [0.3, 0.4) is 0 Å². The van der Waals surface area contributed by atoms with Crippen LogP contribution in [0.15, 0.2) is 61.2 Å². The molecule has 0 atom stereocenters. The van der Waals surface area contributed by atoms with Crippen LogP contribution in [0.2, 0.25) is 0 Å². The first-order valence-corrected chi connectivity index (χ1v) is 5.87. The molecule has 0 saturated heterocycles. The Bertz CT molecular complexity index is 568. The van der Waals surface area contributed by atoms with Gasteiger partial charge in [0.1, 0.15) is 6.61 Å². The second kappa shape index (κ2) is 7.63. The molecule has 0 aliphatic carbocycles. The van der Waals surface area contributed by atoms with Crippen molar-refractivity contribution in [1.82, 2.24) is 0 Å².